The number of carbonyl (C=O) groups is 2. The van der Waals surface area contributed by atoms with E-state index < -0.39 is 18.4 Å². The molecule has 1 saturated heterocycles. The Morgan fingerprint density at radius 3 is 2.81 bits per heavy atom. The minimum absolute atomic E-state index is 0.198. The first-order chi connectivity index (χ1) is 14.8. The summed E-state index contributed by atoms with van der Waals surface area (Å²) in [4.78, 5) is 24.8. The number of carbonyl (C=O) groups excluding carboxylic acids is 1. The van der Waals surface area contributed by atoms with Gasteiger partial charge in [0, 0.05) is 5.56 Å². The van der Waals surface area contributed by atoms with E-state index in [9.17, 15) is 14.9 Å². The topological polar surface area (TPSA) is 99.9 Å². The van der Waals surface area contributed by atoms with Gasteiger partial charge in [-0.1, -0.05) is 42.2 Å². The normalized spacial score (nSPS) is 14.6. The van der Waals surface area contributed by atoms with Crippen molar-refractivity contribution in [2.45, 2.75) is 6.61 Å². The van der Waals surface area contributed by atoms with Crippen LogP contribution in [0, 0.1) is 14.9 Å². The van der Waals surface area contributed by atoms with Gasteiger partial charge in [-0.15, -0.1) is 0 Å². The molecule has 2 aromatic carbocycles. The van der Waals surface area contributed by atoms with Crippen LogP contribution >= 0.6 is 46.6 Å². The van der Waals surface area contributed by atoms with Gasteiger partial charge in [0.25, 0.3) is 5.91 Å². The molecule has 0 unspecified atom stereocenters. The molecule has 7 nitrogen and oxygen atoms in total. The number of carboxylic acid groups (broad SMARTS) is 1. The predicted octanol–water partition coefficient (Wildman–Crippen LogP) is 4.04. The first-order valence-electron chi connectivity index (χ1n) is 8.79. The lowest BCUT2D eigenvalue weighted by Crippen LogP contribution is -2.33. The molecule has 0 atom stereocenters. The van der Waals surface area contributed by atoms with E-state index in [1.54, 1.807) is 24.3 Å². The number of hydrogen-bond donors (Lipinski definition) is 1. The molecule has 0 spiro atoms. The number of thiocarbonyl (C=S) groups is 1. The summed E-state index contributed by atoms with van der Waals surface area (Å²) in [5.41, 5.74) is 1.98. The van der Waals surface area contributed by atoms with Crippen LogP contribution in [0.1, 0.15) is 16.7 Å². The number of benzene rings is 2. The molecule has 0 bridgehead atoms. The fourth-order valence-electron chi connectivity index (χ4n) is 2.79. The molecule has 158 valence electrons. The van der Waals surface area contributed by atoms with Crippen LogP contribution in [0.25, 0.3) is 6.08 Å². The van der Waals surface area contributed by atoms with Gasteiger partial charge in [0.2, 0.25) is 0 Å². The number of ether oxygens (including phenoxy) is 2. The number of carboxylic acids is 1. The third-order valence-corrected chi connectivity index (χ3v) is 6.41. The fourth-order valence-corrected chi connectivity index (χ4v) is 4.83. The van der Waals surface area contributed by atoms with E-state index in [2.05, 4.69) is 28.7 Å². The summed E-state index contributed by atoms with van der Waals surface area (Å²) in [5.74, 6) is -0.590. The van der Waals surface area contributed by atoms with E-state index in [1.807, 2.05) is 18.2 Å². The van der Waals surface area contributed by atoms with E-state index in [0.29, 0.717) is 27.5 Å². The van der Waals surface area contributed by atoms with Crippen molar-refractivity contribution in [1.29, 1.82) is 5.26 Å². The molecule has 0 aromatic heterocycles. The summed E-state index contributed by atoms with van der Waals surface area (Å²) < 4.78 is 12.4. The van der Waals surface area contributed by atoms with Gasteiger partial charge in [0.15, 0.2) is 11.5 Å². The van der Waals surface area contributed by atoms with Gasteiger partial charge in [0.1, 0.15) is 17.5 Å². The van der Waals surface area contributed by atoms with Crippen molar-refractivity contribution >= 4 is 68.8 Å². The van der Waals surface area contributed by atoms with Gasteiger partial charge in [-0.25, -0.2) is 0 Å². The number of thioether (sulfide) groups is 1. The molecular formula is C21H15IN2O5S2. The maximum Gasteiger partial charge on any atom is 0.323 e. The zero-order valence-corrected chi connectivity index (χ0v) is 19.9. The van der Waals surface area contributed by atoms with Crippen molar-refractivity contribution in [1.82, 2.24) is 4.90 Å². The smallest absolute Gasteiger partial charge is 0.323 e. The Morgan fingerprint density at radius 2 is 2.13 bits per heavy atom. The minimum atomic E-state index is -1.13. The van der Waals surface area contributed by atoms with Crippen LogP contribution in [-0.4, -0.2) is 39.9 Å². The highest BCUT2D eigenvalue weighted by Gasteiger charge is 2.33. The fraction of sp³-hybridized carbons (Fsp3) is 0.143. The lowest BCUT2D eigenvalue weighted by atomic mass is 10.1. The summed E-state index contributed by atoms with van der Waals surface area (Å²) in [6.07, 6.45) is 1.64. The van der Waals surface area contributed by atoms with Crippen molar-refractivity contribution in [3.8, 4) is 17.6 Å². The van der Waals surface area contributed by atoms with E-state index >= 15 is 0 Å². The zero-order chi connectivity index (χ0) is 22.5. The Balaban J connectivity index is 1.85. The van der Waals surface area contributed by atoms with Crippen LogP contribution in [-0.2, 0) is 16.2 Å². The molecule has 1 heterocycles. The summed E-state index contributed by atoms with van der Waals surface area (Å²) in [6.45, 7) is -0.275. The number of rotatable bonds is 7. The molecule has 31 heavy (non-hydrogen) atoms. The van der Waals surface area contributed by atoms with Crippen LogP contribution in [0.4, 0.5) is 0 Å². The molecule has 0 aliphatic carbocycles. The number of amides is 1. The van der Waals surface area contributed by atoms with E-state index in [1.165, 1.54) is 7.11 Å². The van der Waals surface area contributed by atoms with Gasteiger partial charge >= 0.3 is 5.97 Å². The third kappa shape index (κ3) is 5.36. The number of aliphatic carboxylic acids is 1. The minimum Gasteiger partial charge on any atom is -0.493 e. The second-order valence-electron chi connectivity index (χ2n) is 6.25. The molecular weight excluding hydrogens is 551 g/mol. The first-order valence-corrected chi connectivity index (χ1v) is 11.1. The van der Waals surface area contributed by atoms with Crippen LogP contribution in [0.15, 0.2) is 41.3 Å². The van der Waals surface area contributed by atoms with Gasteiger partial charge < -0.3 is 14.6 Å². The quantitative estimate of drug-likeness (QED) is 0.305. The second-order valence-corrected chi connectivity index (χ2v) is 9.09. The SMILES string of the molecule is COc1cc(/C=C2\SC(=S)N(CC(=O)O)C2=O)cc(I)c1OCc1ccccc1C#N. The number of nitrogens with zero attached hydrogens (tertiary/aromatic N) is 2. The van der Waals surface area contributed by atoms with Crippen molar-refractivity contribution in [2.75, 3.05) is 13.7 Å². The van der Waals surface area contributed by atoms with E-state index in [0.717, 1.165) is 25.8 Å². The van der Waals surface area contributed by atoms with Gasteiger partial charge in [-0.05, 0) is 52.4 Å². The van der Waals surface area contributed by atoms with Gasteiger partial charge in [-0.2, -0.15) is 5.26 Å². The summed E-state index contributed by atoms with van der Waals surface area (Å²) in [5, 5.41) is 18.2. The average Bonchev–Trinajstić information content (AvgIpc) is 2.99. The first kappa shape index (κ1) is 23.1. The van der Waals surface area contributed by atoms with Crippen molar-refractivity contribution in [3.63, 3.8) is 0 Å². The largest absolute Gasteiger partial charge is 0.493 e. The van der Waals surface area contributed by atoms with Crippen molar-refractivity contribution in [3.05, 3.63) is 61.6 Å². The Hall–Kier alpha value is -2.62. The van der Waals surface area contributed by atoms with Crippen LogP contribution in [0.5, 0.6) is 11.5 Å². The highest BCUT2D eigenvalue weighted by atomic mass is 127. The Morgan fingerprint density at radius 1 is 1.39 bits per heavy atom. The maximum absolute atomic E-state index is 12.5. The molecule has 1 fully saturated rings. The summed E-state index contributed by atoms with van der Waals surface area (Å²) >= 11 is 8.28. The third-order valence-electron chi connectivity index (χ3n) is 4.23. The molecule has 1 aliphatic heterocycles. The average molecular weight is 566 g/mol. The van der Waals surface area contributed by atoms with Crippen LogP contribution < -0.4 is 9.47 Å². The highest BCUT2D eigenvalue weighted by Crippen LogP contribution is 2.37. The molecule has 1 amide bonds. The van der Waals surface area contributed by atoms with Gasteiger partial charge in [0.05, 0.1) is 27.2 Å². The number of nitriles is 1. The maximum atomic E-state index is 12.5. The Kier molecular flexibility index (Phi) is 7.53. The molecule has 2 aromatic rings. The number of methoxy groups -OCH3 is 1. The summed E-state index contributed by atoms with van der Waals surface area (Å²) in [7, 11) is 1.51. The van der Waals surface area contributed by atoms with Gasteiger partial charge in [-0.3, -0.25) is 14.5 Å². The zero-order valence-electron chi connectivity index (χ0n) is 16.1. The Bertz CT molecular complexity index is 1140. The lowest BCUT2D eigenvalue weighted by molar-refractivity contribution is -0.140. The highest BCUT2D eigenvalue weighted by molar-refractivity contribution is 14.1. The lowest BCUT2D eigenvalue weighted by Gasteiger charge is -2.14. The molecule has 0 saturated carbocycles. The number of halogens is 1. The Labute approximate surface area is 201 Å². The second kappa shape index (κ2) is 10.1. The van der Waals surface area contributed by atoms with Crippen molar-refractivity contribution < 1.29 is 24.2 Å². The molecule has 0 radical (unpaired) electrons. The monoisotopic (exact) mass is 566 g/mol. The van der Waals surface area contributed by atoms with Crippen LogP contribution in [0.2, 0.25) is 0 Å². The van der Waals surface area contributed by atoms with Crippen LogP contribution in [0.3, 0.4) is 0 Å². The number of hydrogen-bond acceptors (Lipinski definition) is 7. The molecule has 3 rings (SSSR count). The van der Waals surface area contributed by atoms with E-state index in [4.69, 9.17) is 26.8 Å². The molecule has 1 N–H and O–H groups in total. The molecule has 10 heteroatoms. The molecule has 1 aliphatic rings. The standard InChI is InChI=1S/C21H15IN2O5S2/c1-28-16-7-12(8-17-20(27)24(10-18(25)26)21(30)31-17)6-15(22)19(16)29-11-14-5-3-2-4-13(14)9-23/h2-8H,10-11H2,1H3,(H,25,26)/b17-8-. The van der Waals surface area contributed by atoms with Crippen molar-refractivity contribution in [2.24, 2.45) is 0 Å². The predicted molar refractivity (Wildman–Crippen MR) is 129 cm³/mol. The van der Waals surface area contributed by atoms with E-state index in [-0.39, 0.29) is 10.9 Å². The summed E-state index contributed by atoms with van der Waals surface area (Å²) in [6, 6.07) is 12.9.